The lowest BCUT2D eigenvalue weighted by atomic mass is 10.1. The number of aromatic amines is 1. The van der Waals surface area contributed by atoms with Crippen molar-refractivity contribution in [2.24, 2.45) is 10.8 Å². The van der Waals surface area contributed by atoms with E-state index in [9.17, 15) is 14.4 Å². The lowest BCUT2D eigenvalue weighted by molar-refractivity contribution is -0.135. The number of nitrogens with zero attached hydrogens (tertiary/aromatic N) is 3. The van der Waals surface area contributed by atoms with Crippen molar-refractivity contribution in [3.63, 3.8) is 0 Å². The molecule has 0 bridgehead atoms. The fraction of sp³-hybridized carbons (Fsp3) is 0.308. The Bertz CT molecular complexity index is 1120. The van der Waals surface area contributed by atoms with Crippen LogP contribution in [-0.4, -0.2) is 52.1 Å². The minimum absolute atomic E-state index is 0. The van der Waals surface area contributed by atoms with E-state index >= 15 is 0 Å². The average Bonchev–Trinajstić information content (AvgIpc) is 3.33. The Hall–Kier alpha value is -4.54. The molecule has 0 atom stereocenters. The van der Waals surface area contributed by atoms with Gasteiger partial charge in [0.1, 0.15) is 5.82 Å². The molecule has 0 fully saturated rings. The Morgan fingerprint density at radius 3 is 2.05 bits per heavy atom. The molecule has 0 saturated heterocycles. The molecule has 11 heteroatoms. The Kier molecular flexibility index (Phi) is 15.6. The Morgan fingerprint density at radius 1 is 0.919 bits per heavy atom. The molecule has 11 nitrogen and oxygen atoms in total. The van der Waals surface area contributed by atoms with Crippen molar-refractivity contribution in [1.29, 1.82) is 0 Å². The molecule has 0 spiro atoms. The monoisotopic (exact) mass is 512 g/mol. The van der Waals surface area contributed by atoms with Gasteiger partial charge in [0.2, 0.25) is 11.7 Å². The van der Waals surface area contributed by atoms with Crippen molar-refractivity contribution in [1.82, 2.24) is 20.6 Å². The number of nitrogens with two attached hydrogens (primary N) is 1. The van der Waals surface area contributed by atoms with Crippen LogP contribution in [0.3, 0.4) is 0 Å². The maximum absolute atomic E-state index is 11.5. The number of esters is 2. The first kappa shape index (κ1) is 32.5. The Balaban J connectivity index is 0.000000665. The number of aromatic nitrogens is 3. The van der Waals surface area contributed by atoms with Gasteiger partial charge in [0, 0.05) is 6.42 Å². The number of rotatable bonds is 8. The SMILES string of the molecule is C.C.CCOC(=O)C(N)=NNC(=O)Cc1ccccc1.CCOC(=O)c1n[nH]c(Cc2ccccc2)n1. The van der Waals surface area contributed by atoms with Crippen LogP contribution in [0.1, 0.15) is 56.3 Å². The highest BCUT2D eigenvalue weighted by Crippen LogP contribution is 2.05. The van der Waals surface area contributed by atoms with E-state index in [0.29, 0.717) is 18.9 Å². The molecule has 0 aliphatic heterocycles. The van der Waals surface area contributed by atoms with Crippen LogP contribution < -0.4 is 11.2 Å². The fourth-order valence-corrected chi connectivity index (χ4v) is 2.64. The van der Waals surface area contributed by atoms with Gasteiger partial charge < -0.3 is 15.2 Å². The highest BCUT2D eigenvalue weighted by molar-refractivity contribution is 6.34. The summed E-state index contributed by atoms with van der Waals surface area (Å²) in [6, 6.07) is 19.0. The molecule has 0 saturated carbocycles. The molecule has 0 aliphatic carbocycles. The standard InChI is InChI=1S/C12H15N3O3.C12H13N3O2.2CH4/c1-2-18-12(17)11(13)15-14-10(16)8-9-6-4-3-5-7-9;1-2-17-12(16)11-13-10(14-15-11)8-9-6-4-3-5-7-9;;/h3-7H,2,8H2,1H3,(H2,13,15)(H,14,16);3-7H,2,8H2,1H3,(H,13,14,15);2*1H4. The van der Waals surface area contributed by atoms with E-state index in [0.717, 1.165) is 11.1 Å². The molecule has 4 N–H and O–H groups in total. The summed E-state index contributed by atoms with van der Waals surface area (Å²) in [6.45, 7) is 3.92. The first-order valence-electron chi connectivity index (χ1n) is 10.9. The van der Waals surface area contributed by atoms with Crippen molar-refractivity contribution in [3.8, 4) is 0 Å². The molecule has 200 valence electrons. The zero-order chi connectivity index (χ0) is 25.5. The fourth-order valence-electron chi connectivity index (χ4n) is 2.64. The van der Waals surface area contributed by atoms with Crippen LogP contribution >= 0.6 is 0 Å². The van der Waals surface area contributed by atoms with Crippen molar-refractivity contribution in [2.45, 2.75) is 41.5 Å². The van der Waals surface area contributed by atoms with E-state index in [2.05, 4.69) is 30.4 Å². The number of carbonyl (C=O) groups is 3. The van der Waals surface area contributed by atoms with Gasteiger partial charge in [-0.2, -0.15) is 0 Å². The van der Waals surface area contributed by atoms with Gasteiger partial charge in [0.05, 0.1) is 19.6 Å². The molecular formula is C26H36N6O5. The topological polar surface area (TPSA) is 162 Å². The smallest absolute Gasteiger partial charge is 0.378 e. The highest BCUT2D eigenvalue weighted by atomic mass is 16.5. The number of benzene rings is 2. The number of nitrogens with one attached hydrogen (secondary N) is 2. The van der Waals surface area contributed by atoms with Crippen LogP contribution in [0.2, 0.25) is 0 Å². The summed E-state index contributed by atoms with van der Waals surface area (Å²) < 4.78 is 9.42. The predicted octanol–water partition coefficient (Wildman–Crippen LogP) is 3.03. The summed E-state index contributed by atoms with van der Waals surface area (Å²) >= 11 is 0. The predicted molar refractivity (Wildman–Crippen MR) is 142 cm³/mol. The molecule has 1 heterocycles. The van der Waals surface area contributed by atoms with Crippen LogP contribution in [0.15, 0.2) is 65.8 Å². The molecule has 0 radical (unpaired) electrons. The number of amidine groups is 1. The van der Waals surface area contributed by atoms with E-state index in [1.165, 1.54) is 0 Å². The third-order valence-corrected chi connectivity index (χ3v) is 4.20. The molecule has 0 unspecified atom stereocenters. The minimum Gasteiger partial charge on any atom is -0.460 e. The summed E-state index contributed by atoms with van der Waals surface area (Å²) in [5.41, 5.74) is 9.46. The summed E-state index contributed by atoms with van der Waals surface area (Å²) in [5, 5.41) is 10.0. The van der Waals surface area contributed by atoms with Crippen LogP contribution in [0.25, 0.3) is 0 Å². The lowest BCUT2D eigenvalue weighted by Crippen LogP contribution is -2.31. The van der Waals surface area contributed by atoms with Crippen molar-refractivity contribution >= 4 is 23.7 Å². The van der Waals surface area contributed by atoms with E-state index in [4.69, 9.17) is 10.5 Å². The van der Waals surface area contributed by atoms with Gasteiger partial charge in [0.15, 0.2) is 0 Å². The molecular weight excluding hydrogens is 476 g/mol. The number of H-pyrrole nitrogens is 1. The maximum atomic E-state index is 11.5. The largest absolute Gasteiger partial charge is 0.460 e. The second-order valence-corrected chi connectivity index (χ2v) is 6.90. The number of carbonyl (C=O) groups excluding carboxylic acids is 3. The van der Waals surface area contributed by atoms with Gasteiger partial charge >= 0.3 is 11.9 Å². The first-order valence-corrected chi connectivity index (χ1v) is 10.9. The van der Waals surface area contributed by atoms with E-state index in [1.807, 2.05) is 60.7 Å². The molecule has 3 aromatic rings. The van der Waals surface area contributed by atoms with Gasteiger partial charge in [0.25, 0.3) is 5.82 Å². The second kappa shape index (κ2) is 17.8. The summed E-state index contributed by atoms with van der Waals surface area (Å²) in [4.78, 5) is 38.0. The van der Waals surface area contributed by atoms with E-state index in [-0.39, 0.29) is 45.4 Å². The van der Waals surface area contributed by atoms with Crippen LogP contribution in [0.5, 0.6) is 0 Å². The number of hydrazone groups is 1. The molecule has 3 rings (SSSR count). The average molecular weight is 513 g/mol. The van der Waals surface area contributed by atoms with Gasteiger partial charge in [-0.25, -0.2) is 20.0 Å². The zero-order valence-electron chi connectivity index (χ0n) is 19.6. The lowest BCUT2D eigenvalue weighted by Gasteiger charge is -2.02. The van der Waals surface area contributed by atoms with Gasteiger partial charge in [-0.1, -0.05) is 75.5 Å². The van der Waals surface area contributed by atoms with E-state index < -0.39 is 11.9 Å². The van der Waals surface area contributed by atoms with Crippen molar-refractivity contribution in [3.05, 3.63) is 83.4 Å². The Labute approximate surface area is 217 Å². The number of hydrogen-bond donors (Lipinski definition) is 3. The van der Waals surface area contributed by atoms with E-state index in [1.54, 1.807) is 13.8 Å². The number of amides is 1. The third kappa shape index (κ3) is 12.1. The number of hydrogen-bond acceptors (Lipinski definition) is 8. The van der Waals surface area contributed by atoms with Crippen LogP contribution in [0.4, 0.5) is 0 Å². The van der Waals surface area contributed by atoms with Gasteiger partial charge in [-0.15, -0.1) is 10.2 Å². The first-order chi connectivity index (χ1) is 16.9. The molecule has 1 amide bonds. The molecule has 1 aromatic heterocycles. The highest BCUT2D eigenvalue weighted by Gasteiger charge is 2.13. The minimum atomic E-state index is -0.752. The van der Waals surface area contributed by atoms with Crippen molar-refractivity contribution in [2.75, 3.05) is 13.2 Å². The number of ether oxygens (including phenoxy) is 2. The summed E-state index contributed by atoms with van der Waals surface area (Å²) in [7, 11) is 0. The molecule has 37 heavy (non-hydrogen) atoms. The van der Waals surface area contributed by atoms with Gasteiger partial charge in [-0.05, 0) is 25.0 Å². The van der Waals surface area contributed by atoms with Crippen LogP contribution in [0, 0.1) is 0 Å². The zero-order valence-corrected chi connectivity index (χ0v) is 19.6. The Morgan fingerprint density at radius 2 is 1.49 bits per heavy atom. The molecule has 0 aliphatic rings. The second-order valence-electron chi connectivity index (χ2n) is 6.90. The maximum Gasteiger partial charge on any atom is 0.378 e. The summed E-state index contributed by atoms with van der Waals surface area (Å²) in [6.07, 6.45) is 0.785. The third-order valence-electron chi connectivity index (χ3n) is 4.20. The van der Waals surface area contributed by atoms with Crippen molar-refractivity contribution < 1.29 is 23.9 Å². The van der Waals surface area contributed by atoms with Crippen LogP contribution in [-0.2, 0) is 31.9 Å². The normalized spacial score (nSPS) is 9.95. The summed E-state index contributed by atoms with van der Waals surface area (Å²) in [5.74, 6) is -1.25. The van der Waals surface area contributed by atoms with Gasteiger partial charge in [-0.3, -0.25) is 9.89 Å². The quantitative estimate of drug-likeness (QED) is 0.180. The molecule has 2 aromatic carbocycles.